The Morgan fingerprint density at radius 3 is 2.08 bits per heavy atom. The van der Waals surface area contributed by atoms with Crippen LogP contribution in [0.25, 0.3) is 12.2 Å². The Bertz CT molecular complexity index is 279. The van der Waals surface area contributed by atoms with Crippen molar-refractivity contribution in [2.24, 2.45) is 0 Å². The quantitative estimate of drug-likeness (QED) is 0.567. The molecule has 0 saturated carbocycles. The van der Waals surface area contributed by atoms with E-state index in [0.29, 0.717) is 0 Å². The molecule has 0 N–H and O–H groups in total. The minimum absolute atomic E-state index is 1.20. The van der Waals surface area contributed by atoms with Crippen molar-refractivity contribution < 1.29 is 0 Å². The third-order valence-corrected chi connectivity index (χ3v) is 1.51. The van der Waals surface area contributed by atoms with Crippen LogP contribution in [0.2, 0.25) is 0 Å². The van der Waals surface area contributed by atoms with Crippen LogP contribution >= 0.6 is 0 Å². The molecule has 0 aromatic carbocycles. The van der Waals surface area contributed by atoms with Crippen molar-refractivity contribution in [2.45, 2.75) is 27.7 Å². The highest BCUT2D eigenvalue weighted by Crippen LogP contribution is 1.64. The Morgan fingerprint density at radius 1 is 1.08 bits per heavy atom. The van der Waals surface area contributed by atoms with Gasteiger partial charge in [-0.05, 0) is 30.4 Å². The average molecular weight is 163 g/mol. The first kappa shape index (κ1) is 10.9. The molecule has 66 valence electrons. The molecule has 0 unspecified atom stereocenters. The largest absolute Gasteiger partial charge is 0.264 e. The van der Waals surface area contributed by atoms with E-state index in [-0.39, 0.29) is 0 Å². The van der Waals surface area contributed by atoms with Crippen molar-refractivity contribution in [2.75, 3.05) is 0 Å². The first-order valence-electron chi connectivity index (χ1n) is 4.41. The molecule has 0 saturated heterocycles. The van der Waals surface area contributed by atoms with Crippen LogP contribution < -0.4 is 10.4 Å². The van der Waals surface area contributed by atoms with E-state index in [1.165, 1.54) is 10.4 Å². The first-order chi connectivity index (χ1) is 5.88. The molecule has 1 rings (SSSR count). The van der Waals surface area contributed by atoms with Gasteiger partial charge in [0.25, 0.3) is 0 Å². The van der Waals surface area contributed by atoms with E-state index in [1.54, 1.807) is 0 Å². The van der Waals surface area contributed by atoms with Crippen molar-refractivity contribution in [3.63, 3.8) is 0 Å². The summed E-state index contributed by atoms with van der Waals surface area (Å²) in [5.41, 5.74) is 0. The molecule has 1 heterocycles. The topological polar surface area (TPSA) is 12.9 Å². The van der Waals surface area contributed by atoms with Crippen LogP contribution in [0.15, 0.2) is 18.5 Å². The highest BCUT2D eigenvalue weighted by atomic mass is 14.6. The normalized spacial score (nSPS) is 12.3. The Labute approximate surface area is 74.5 Å². The summed E-state index contributed by atoms with van der Waals surface area (Å²) in [5.74, 6) is 0. The van der Waals surface area contributed by atoms with E-state index in [0.717, 1.165) is 0 Å². The summed E-state index contributed by atoms with van der Waals surface area (Å²) in [5, 5.41) is 2.45. The monoisotopic (exact) mass is 163 g/mol. The van der Waals surface area contributed by atoms with Crippen LogP contribution in [0.5, 0.6) is 0 Å². The van der Waals surface area contributed by atoms with Gasteiger partial charge in [0, 0.05) is 12.4 Å². The molecule has 0 amide bonds. The van der Waals surface area contributed by atoms with Crippen LogP contribution in [0.3, 0.4) is 0 Å². The standard InChI is InChI=1S/C9H11N.C2H6/c1-3-8-5-6-10-7-9(8)4-2;1-2/h3-7H,1-2H3;1-2H3/b8-3-,9-4-;. The summed E-state index contributed by atoms with van der Waals surface area (Å²) >= 11 is 0. The van der Waals surface area contributed by atoms with Gasteiger partial charge in [0.2, 0.25) is 0 Å². The van der Waals surface area contributed by atoms with Crippen LogP contribution in [-0.2, 0) is 0 Å². The van der Waals surface area contributed by atoms with Crippen LogP contribution in [0, 0.1) is 0 Å². The summed E-state index contributed by atoms with van der Waals surface area (Å²) in [6.07, 6.45) is 7.82. The number of aromatic nitrogens is 1. The minimum Gasteiger partial charge on any atom is -0.264 e. The molecule has 0 aliphatic carbocycles. The van der Waals surface area contributed by atoms with Crippen molar-refractivity contribution in [3.8, 4) is 0 Å². The van der Waals surface area contributed by atoms with Crippen molar-refractivity contribution >= 4 is 12.2 Å². The summed E-state index contributed by atoms with van der Waals surface area (Å²) in [6, 6.07) is 2.01. The van der Waals surface area contributed by atoms with Crippen LogP contribution in [0.4, 0.5) is 0 Å². The van der Waals surface area contributed by atoms with E-state index in [2.05, 4.69) is 17.1 Å². The SMILES string of the molecule is C/C=c1/ccnc/c1=C/C.CC. The van der Waals surface area contributed by atoms with Gasteiger partial charge in [-0.1, -0.05) is 26.0 Å². The fraction of sp³-hybridized carbons (Fsp3) is 0.364. The maximum Gasteiger partial charge on any atom is 0.0342 e. The Morgan fingerprint density at radius 2 is 1.67 bits per heavy atom. The number of nitrogens with zero attached hydrogens (tertiary/aromatic N) is 1. The molecule has 0 aliphatic heterocycles. The predicted octanol–water partition coefficient (Wildman–Crippen LogP) is 1.71. The van der Waals surface area contributed by atoms with Gasteiger partial charge in [0.15, 0.2) is 0 Å². The summed E-state index contributed by atoms with van der Waals surface area (Å²) in [7, 11) is 0. The number of hydrogen-bond acceptors (Lipinski definition) is 1. The van der Waals surface area contributed by atoms with Gasteiger partial charge in [-0.2, -0.15) is 0 Å². The number of pyridine rings is 1. The van der Waals surface area contributed by atoms with Gasteiger partial charge in [-0.15, -0.1) is 0 Å². The molecule has 1 aromatic rings. The van der Waals surface area contributed by atoms with E-state index < -0.39 is 0 Å². The van der Waals surface area contributed by atoms with Gasteiger partial charge < -0.3 is 0 Å². The lowest BCUT2D eigenvalue weighted by Gasteiger charge is -1.84. The van der Waals surface area contributed by atoms with Gasteiger partial charge >= 0.3 is 0 Å². The predicted molar refractivity (Wildman–Crippen MR) is 55.1 cm³/mol. The lowest BCUT2D eigenvalue weighted by atomic mass is 10.3. The zero-order valence-corrected chi connectivity index (χ0v) is 8.33. The Kier molecular flexibility index (Phi) is 5.98. The van der Waals surface area contributed by atoms with E-state index in [4.69, 9.17) is 0 Å². The first-order valence-corrected chi connectivity index (χ1v) is 4.41. The van der Waals surface area contributed by atoms with Crippen LogP contribution in [0.1, 0.15) is 27.7 Å². The molecule has 0 atom stereocenters. The molecule has 0 bridgehead atoms. The molecule has 12 heavy (non-hydrogen) atoms. The fourth-order valence-electron chi connectivity index (χ4n) is 0.922. The van der Waals surface area contributed by atoms with E-state index >= 15 is 0 Å². The lowest BCUT2D eigenvalue weighted by molar-refractivity contribution is 1.27. The summed E-state index contributed by atoms with van der Waals surface area (Å²) in [6.45, 7) is 8.05. The Hall–Kier alpha value is -1.11. The van der Waals surface area contributed by atoms with E-state index in [1.807, 2.05) is 46.2 Å². The molecule has 0 fully saturated rings. The molecular weight excluding hydrogens is 146 g/mol. The van der Waals surface area contributed by atoms with Crippen LogP contribution in [-0.4, -0.2) is 4.98 Å². The summed E-state index contributed by atoms with van der Waals surface area (Å²) in [4.78, 5) is 4.01. The zero-order valence-electron chi connectivity index (χ0n) is 8.33. The number of hydrogen-bond donors (Lipinski definition) is 0. The third kappa shape index (κ3) is 2.87. The molecule has 0 spiro atoms. The van der Waals surface area contributed by atoms with Gasteiger partial charge in [0.05, 0.1) is 0 Å². The van der Waals surface area contributed by atoms with Crippen molar-refractivity contribution in [1.82, 2.24) is 4.98 Å². The third-order valence-electron chi connectivity index (χ3n) is 1.51. The molecule has 1 nitrogen and oxygen atoms in total. The smallest absolute Gasteiger partial charge is 0.0342 e. The second-order valence-electron chi connectivity index (χ2n) is 2.08. The van der Waals surface area contributed by atoms with Crippen molar-refractivity contribution in [3.05, 3.63) is 28.9 Å². The van der Waals surface area contributed by atoms with Gasteiger partial charge in [0.1, 0.15) is 0 Å². The maximum absolute atomic E-state index is 4.01. The minimum atomic E-state index is 1.20. The molecule has 0 aliphatic rings. The van der Waals surface area contributed by atoms with E-state index in [9.17, 15) is 0 Å². The lowest BCUT2D eigenvalue weighted by Crippen LogP contribution is -2.23. The average Bonchev–Trinajstić information content (AvgIpc) is 2.20. The molecular formula is C11H17N. The highest BCUT2D eigenvalue weighted by molar-refractivity contribution is 5.26. The van der Waals surface area contributed by atoms with Crippen molar-refractivity contribution in [1.29, 1.82) is 0 Å². The molecule has 1 heteroatoms. The molecule has 0 radical (unpaired) electrons. The fourth-order valence-corrected chi connectivity index (χ4v) is 0.922. The van der Waals surface area contributed by atoms with Gasteiger partial charge in [-0.3, -0.25) is 4.98 Å². The molecule has 1 aromatic heterocycles. The second kappa shape index (κ2) is 6.59. The number of rotatable bonds is 0. The van der Waals surface area contributed by atoms with Gasteiger partial charge in [-0.25, -0.2) is 0 Å². The Balaban J connectivity index is 0.000000561. The zero-order chi connectivity index (χ0) is 9.40. The maximum atomic E-state index is 4.01. The highest BCUT2D eigenvalue weighted by Gasteiger charge is 1.78. The summed E-state index contributed by atoms with van der Waals surface area (Å²) < 4.78 is 0. The second-order valence-corrected chi connectivity index (χ2v) is 2.08.